The molecule has 29 heavy (non-hydrogen) atoms. The van der Waals surface area contributed by atoms with Crippen LogP contribution in [0.1, 0.15) is 18.4 Å². The number of aryl methyl sites for hydroxylation is 1. The molecule has 0 atom stereocenters. The molecule has 0 spiro atoms. The van der Waals surface area contributed by atoms with Crippen molar-refractivity contribution in [1.29, 1.82) is 5.26 Å². The molecule has 2 aromatic heterocycles. The van der Waals surface area contributed by atoms with Crippen LogP contribution in [0.3, 0.4) is 0 Å². The van der Waals surface area contributed by atoms with Crippen molar-refractivity contribution < 1.29 is 4.74 Å². The molecule has 4 rings (SSSR count). The number of anilines is 1. The van der Waals surface area contributed by atoms with Crippen LogP contribution in [-0.4, -0.2) is 28.7 Å². The zero-order valence-corrected chi connectivity index (χ0v) is 17.2. The van der Waals surface area contributed by atoms with Crippen molar-refractivity contribution in [3.63, 3.8) is 0 Å². The lowest BCUT2D eigenvalue weighted by Crippen LogP contribution is -2.40. The number of benzene rings is 1. The van der Waals surface area contributed by atoms with Crippen molar-refractivity contribution in [1.82, 2.24) is 9.55 Å². The predicted octanol–water partition coefficient (Wildman–Crippen LogP) is 4.16. The van der Waals surface area contributed by atoms with Crippen molar-refractivity contribution in [2.75, 3.05) is 18.0 Å². The Labute approximate surface area is 177 Å². The summed E-state index contributed by atoms with van der Waals surface area (Å²) in [7, 11) is 1.63. The van der Waals surface area contributed by atoms with Gasteiger partial charge in [-0.2, -0.15) is 5.26 Å². The van der Waals surface area contributed by atoms with Gasteiger partial charge in [-0.1, -0.05) is 29.3 Å². The van der Waals surface area contributed by atoms with Gasteiger partial charge in [0.25, 0.3) is 5.56 Å². The van der Waals surface area contributed by atoms with E-state index in [4.69, 9.17) is 27.9 Å². The Morgan fingerprint density at radius 3 is 2.66 bits per heavy atom. The Bertz CT molecular complexity index is 1180. The molecule has 0 radical (unpaired) electrons. The molecule has 0 N–H and O–H groups in total. The monoisotopic (exact) mass is 428 g/mol. The van der Waals surface area contributed by atoms with Crippen molar-refractivity contribution in [3.8, 4) is 11.8 Å². The van der Waals surface area contributed by atoms with Gasteiger partial charge in [-0.25, -0.2) is 4.98 Å². The van der Waals surface area contributed by atoms with Gasteiger partial charge in [0.2, 0.25) is 0 Å². The third kappa shape index (κ3) is 3.76. The number of pyridine rings is 2. The van der Waals surface area contributed by atoms with E-state index in [0.29, 0.717) is 40.0 Å². The number of nitriles is 1. The Kier molecular flexibility index (Phi) is 5.35. The van der Waals surface area contributed by atoms with E-state index < -0.39 is 0 Å². The Morgan fingerprint density at radius 2 is 1.97 bits per heavy atom. The highest BCUT2D eigenvalue weighted by Crippen LogP contribution is 2.31. The van der Waals surface area contributed by atoms with Crippen LogP contribution in [-0.2, 0) is 7.05 Å². The molecule has 3 heterocycles. The molecule has 1 aliphatic heterocycles. The van der Waals surface area contributed by atoms with Crippen LogP contribution >= 0.6 is 23.2 Å². The van der Waals surface area contributed by atoms with E-state index >= 15 is 0 Å². The van der Waals surface area contributed by atoms with Gasteiger partial charge >= 0.3 is 0 Å². The first kappa shape index (κ1) is 19.6. The SMILES string of the molecule is Cn1c(=O)c(C#N)c(N2CCC(Oc3cccc(Cl)c3)CC2)c2nc(Cl)ccc21. The molecule has 1 fully saturated rings. The molecular weight excluding hydrogens is 411 g/mol. The minimum Gasteiger partial charge on any atom is -0.490 e. The van der Waals surface area contributed by atoms with E-state index in [1.165, 1.54) is 4.57 Å². The number of halogens is 2. The van der Waals surface area contributed by atoms with E-state index in [1.54, 1.807) is 31.3 Å². The smallest absolute Gasteiger partial charge is 0.270 e. The summed E-state index contributed by atoms with van der Waals surface area (Å²) in [5.74, 6) is 0.737. The van der Waals surface area contributed by atoms with Crippen LogP contribution in [0, 0.1) is 11.3 Å². The average molecular weight is 429 g/mol. The number of piperidine rings is 1. The predicted molar refractivity (Wildman–Crippen MR) is 114 cm³/mol. The molecule has 1 saturated heterocycles. The van der Waals surface area contributed by atoms with E-state index in [0.717, 1.165) is 18.6 Å². The summed E-state index contributed by atoms with van der Waals surface area (Å²) in [6.45, 7) is 1.27. The van der Waals surface area contributed by atoms with Crippen LogP contribution in [0.5, 0.6) is 5.75 Å². The molecule has 1 aliphatic rings. The quantitative estimate of drug-likeness (QED) is 0.585. The summed E-state index contributed by atoms with van der Waals surface area (Å²) in [6.07, 6.45) is 1.52. The van der Waals surface area contributed by atoms with Gasteiger partial charge in [-0.15, -0.1) is 0 Å². The number of fused-ring (bicyclic) bond motifs is 1. The molecule has 148 valence electrons. The third-order valence-electron chi connectivity index (χ3n) is 5.15. The highest BCUT2D eigenvalue weighted by atomic mass is 35.5. The number of aromatic nitrogens is 2. The summed E-state index contributed by atoms with van der Waals surface area (Å²) < 4.78 is 7.49. The van der Waals surface area contributed by atoms with Crippen molar-refractivity contribution in [2.24, 2.45) is 7.05 Å². The van der Waals surface area contributed by atoms with Gasteiger partial charge < -0.3 is 14.2 Å². The molecule has 1 aromatic carbocycles. The number of ether oxygens (including phenoxy) is 1. The highest BCUT2D eigenvalue weighted by Gasteiger charge is 2.27. The van der Waals surface area contributed by atoms with Crippen LogP contribution < -0.4 is 15.2 Å². The standard InChI is InChI=1S/C21H18Cl2N4O2/c1-26-17-5-6-18(23)25-19(17)20(16(12-24)21(26)28)27-9-7-14(8-10-27)29-15-4-2-3-13(22)11-15/h2-6,11,14H,7-10H2,1H3. The second-order valence-corrected chi connectivity index (χ2v) is 7.79. The number of rotatable bonds is 3. The molecule has 0 aliphatic carbocycles. The van der Waals surface area contributed by atoms with Gasteiger partial charge in [-0.3, -0.25) is 4.79 Å². The topological polar surface area (TPSA) is 71.2 Å². The lowest BCUT2D eigenvalue weighted by molar-refractivity contribution is 0.171. The lowest BCUT2D eigenvalue weighted by Gasteiger charge is -2.34. The van der Waals surface area contributed by atoms with Crippen LogP contribution in [0.2, 0.25) is 10.2 Å². The lowest BCUT2D eigenvalue weighted by atomic mass is 10.0. The first-order chi connectivity index (χ1) is 14.0. The largest absolute Gasteiger partial charge is 0.490 e. The van der Waals surface area contributed by atoms with Crippen molar-refractivity contribution in [2.45, 2.75) is 18.9 Å². The van der Waals surface area contributed by atoms with E-state index in [9.17, 15) is 10.1 Å². The Balaban J connectivity index is 1.64. The third-order valence-corrected chi connectivity index (χ3v) is 5.60. The van der Waals surface area contributed by atoms with Crippen molar-refractivity contribution in [3.05, 3.63) is 62.5 Å². The summed E-state index contributed by atoms with van der Waals surface area (Å²) in [6, 6.07) is 12.8. The summed E-state index contributed by atoms with van der Waals surface area (Å²) in [5.41, 5.74) is 1.51. The van der Waals surface area contributed by atoms with E-state index in [1.807, 2.05) is 17.0 Å². The molecule has 0 unspecified atom stereocenters. The van der Waals surface area contributed by atoms with Gasteiger partial charge in [0.05, 0.1) is 11.2 Å². The average Bonchev–Trinajstić information content (AvgIpc) is 2.71. The van der Waals surface area contributed by atoms with Crippen LogP contribution in [0.15, 0.2) is 41.2 Å². The van der Waals surface area contributed by atoms with Gasteiger partial charge in [-0.05, 0) is 30.3 Å². The minimum absolute atomic E-state index is 0.0320. The maximum atomic E-state index is 12.7. The number of nitrogens with zero attached hydrogens (tertiary/aromatic N) is 4. The fraction of sp³-hybridized carbons (Fsp3) is 0.286. The zero-order chi connectivity index (χ0) is 20.5. The second-order valence-electron chi connectivity index (χ2n) is 6.96. The fourth-order valence-electron chi connectivity index (χ4n) is 3.71. The highest BCUT2D eigenvalue weighted by molar-refractivity contribution is 6.30. The van der Waals surface area contributed by atoms with Gasteiger partial charge in [0, 0.05) is 38.0 Å². The molecule has 6 nitrogen and oxygen atoms in total. The number of hydrogen-bond donors (Lipinski definition) is 0. The maximum Gasteiger partial charge on any atom is 0.270 e. The molecule has 3 aromatic rings. The maximum absolute atomic E-state index is 12.7. The molecular formula is C21H18Cl2N4O2. The zero-order valence-electron chi connectivity index (χ0n) is 15.7. The number of hydrogen-bond acceptors (Lipinski definition) is 5. The normalized spacial score (nSPS) is 14.8. The summed E-state index contributed by atoms with van der Waals surface area (Å²) in [4.78, 5) is 19.2. The van der Waals surface area contributed by atoms with Gasteiger partial charge in [0.1, 0.15) is 34.2 Å². The van der Waals surface area contributed by atoms with E-state index in [2.05, 4.69) is 11.1 Å². The Morgan fingerprint density at radius 1 is 1.21 bits per heavy atom. The second kappa shape index (κ2) is 7.94. The van der Waals surface area contributed by atoms with Gasteiger partial charge in [0.15, 0.2) is 0 Å². The molecule has 0 amide bonds. The molecule has 0 bridgehead atoms. The molecule has 8 heteroatoms. The fourth-order valence-corrected chi connectivity index (χ4v) is 4.04. The van der Waals surface area contributed by atoms with Crippen molar-refractivity contribution >= 4 is 39.9 Å². The van der Waals surface area contributed by atoms with Crippen LogP contribution in [0.4, 0.5) is 5.69 Å². The summed E-state index contributed by atoms with van der Waals surface area (Å²) in [5, 5.41) is 10.6. The Hall–Kier alpha value is -2.75. The first-order valence-corrected chi connectivity index (χ1v) is 10.00. The summed E-state index contributed by atoms with van der Waals surface area (Å²) >= 11 is 12.1. The van der Waals surface area contributed by atoms with E-state index in [-0.39, 0.29) is 17.2 Å². The first-order valence-electron chi connectivity index (χ1n) is 9.24. The van der Waals surface area contributed by atoms with Crippen LogP contribution in [0.25, 0.3) is 11.0 Å². The minimum atomic E-state index is -0.337. The molecule has 0 saturated carbocycles.